The Labute approximate surface area is 185 Å². The summed E-state index contributed by atoms with van der Waals surface area (Å²) in [6.07, 6.45) is 6.98. The van der Waals surface area contributed by atoms with Gasteiger partial charge >= 0.3 is 0 Å². The van der Waals surface area contributed by atoms with E-state index in [9.17, 15) is 4.79 Å². The molecule has 0 unspecified atom stereocenters. The summed E-state index contributed by atoms with van der Waals surface area (Å²) >= 11 is 0. The molecule has 1 heterocycles. The van der Waals surface area contributed by atoms with Crippen molar-refractivity contribution in [2.75, 3.05) is 13.2 Å². The Balaban J connectivity index is 1.54. The molecule has 5 heteroatoms. The number of carbonyl (C=O) groups excluding carboxylic acids is 1. The fraction of sp³-hybridized carbons (Fsp3) is 0.385. The molecule has 0 bridgehead atoms. The molecule has 0 aliphatic carbocycles. The van der Waals surface area contributed by atoms with Crippen LogP contribution in [-0.4, -0.2) is 28.6 Å². The molecule has 0 spiro atoms. The number of nitrogens with one attached hydrogen (secondary N) is 1. The maximum absolute atomic E-state index is 11.4. The number of imidazole rings is 1. The molecule has 0 saturated heterocycles. The normalized spacial score (nSPS) is 10.9. The highest BCUT2D eigenvalue weighted by molar-refractivity contribution is 5.76. The number of aryl methyl sites for hydroxylation is 2. The summed E-state index contributed by atoms with van der Waals surface area (Å²) in [5.74, 6) is 2.14. The molecule has 0 aliphatic heterocycles. The Hall–Kier alpha value is -3.08. The molecule has 31 heavy (non-hydrogen) atoms. The van der Waals surface area contributed by atoms with Crippen LogP contribution in [0.1, 0.15) is 44.0 Å². The number of ether oxygens (including phenoxy) is 1. The lowest BCUT2D eigenvalue weighted by atomic mass is 10.1. The zero-order chi connectivity index (χ0) is 21.9. The maximum Gasteiger partial charge on any atom is 0.219 e. The Bertz CT molecular complexity index is 993. The third kappa shape index (κ3) is 6.45. The SMILES string of the molecule is C=CCc1ccccc1OCCCCn1c(CCCNC(=O)CC)nc2ccccc21. The van der Waals surface area contributed by atoms with Crippen LogP contribution >= 0.6 is 0 Å². The van der Waals surface area contributed by atoms with Gasteiger partial charge in [0.15, 0.2) is 0 Å². The molecule has 2 aromatic carbocycles. The summed E-state index contributed by atoms with van der Waals surface area (Å²) in [6, 6.07) is 16.4. The van der Waals surface area contributed by atoms with E-state index in [1.165, 1.54) is 11.1 Å². The summed E-state index contributed by atoms with van der Waals surface area (Å²) in [5, 5.41) is 2.95. The molecule has 0 fully saturated rings. The van der Waals surface area contributed by atoms with E-state index in [4.69, 9.17) is 9.72 Å². The minimum atomic E-state index is 0.100. The van der Waals surface area contributed by atoms with Crippen LogP contribution in [0.15, 0.2) is 61.2 Å². The average Bonchev–Trinajstić information content (AvgIpc) is 3.15. The number of rotatable bonds is 13. The molecular weight excluding hydrogens is 386 g/mol. The van der Waals surface area contributed by atoms with Crippen LogP contribution in [0, 0.1) is 0 Å². The number of hydrogen-bond donors (Lipinski definition) is 1. The summed E-state index contributed by atoms with van der Waals surface area (Å²) in [5.41, 5.74) is 3.38. The number of hydrogen-bond acceptors (Lipinski definition) is 3. The molecule has 0 radical (unpaired) electrons. The van der Waals surface area contributed by atoms with E-state index < -0.39 is 0 Å². The fourth-order valence-electron chi connectivity index (χ4n) is 3.69. The molecule has 164 valence electrons. The molecule has 0 atom stereocenters. The highest BCUT2D eigenvalue weighted by atomic mass is 16.5. The van der Waals surface area contributed by atoms with Crippen LogP contribution in [0.5, 0.6) is 5.75 Å². The molecule has 1 aromatic heterocycles. The zero-order valence-electron chi connectivity index (χ0n) is 18.5. The molecule has 1 N–H and O–H groups in total. The second-order valence-electron chi connectivity index (χ2n) is 7.63. The predicted octanol–water partition coefficient (Wildman–Crippen LogP) is 5.08. The second kappa shape index (κ2) is 11.9. The van der Waals surface area contributed by atoms with Gasteiger partial charge in [-0.15, -0.1) is 6.58 Å². The zero-order valence-corrected chi connectivity index (χ0v) is 18.5. The quantitative estimate of drug-likeness (QED) is 0.310. The second-order valence-corrected chi connectivity index (χ2v) is 7.63. The van der Waals surface area contributed by atoms with Crippen molar-refractivity contribution >= 4 is 16.9 Å². The third-order valence-corrected chi connectivity index (χ3v) is 5.32. The summed E-state index contributed by atoms with van der Waals surface area (Å²) in [4.78, 5) is 16.3. The lowest BCUT2D eigenvalue weighted by molar-refractivity contribution is -0.120. The van der Waals surface area contributed by atoms with E-state index in [1.807, 2.05) is 37.3 Å². The maximum atomic E-state index is 11.4. The minimum Gasteiger partial charge on any atom is -0.493 e. The van der Waals surface area contributed by atoms with E-state index in [1.54, 1.807) is 0 Å². The largest absolute Gasteiger partial charge is 0.493 e. The van der Waals surface area contributed by atoms with Crippen molar-refractivity contribution in [1.29, 1.82) is 0 Å². The summed E-state index contributed by atoms with van der Waals surface area (Å²) in [7, 11) is 0. The van der Waals surface area contributed by atoms with Crippen LogP contribution in [0.3, 0.4) is 0 Å². The predicted molar refractivity (Wildman–Crippen MR) is 126 cm³/mol. The monoisotopic (exact) mass is 419 g/mol. The van der Waals surface area contributed by atoms with E-state index in [0.717, 1.165) is 55.7 Å². The van der Waals surface area contributed by atoms with Gasteiger partial charge in [-0.2, -0.15) is 0 Å². The molecule has 3 aromatic rings. The van der Waals surface area contributed by atoms with Gasteiger partial charge in [-0.1, -0.05) is 43.3 Å². The molecule has 0 saturated carbocycles. The number of para-hydroxylation sites is 3. The third-order valence-electron chi connectivity index (χ3n) is 5.32. The van der Waals surface area contributed by atoms with Gasteiger partial charge in [0, 0.05) is 25.9 Å². The van der Waals surface area contributed by atoms with Crippen LogP contribution in [0.4, 0.5) is 0 Å². The number of amides is 1. The standard InChI is InChI=1S/C26H33N3O2/c1-3-12-21-13-5-8-16-24(21)31-20-10-9-19-29-23-15-7-6-14-22(23)28-25(29)17-11-18-27-26(30)4-2/h3,5-8,13-16H,1,4,9-12,17-20H2,2H3,(H,27,30). The van der Waals surface area contributed by atoms with Gasteiger partial charge in [0.25, 0.3) is 0 Å². The minimum absolute atomic E-state index is 0.100. The van der Waals surface area contributed by atoms with Crippen LogP contribution < -0.4 is 10.1 Å². The molecule has 3 rings (SSSR count). The number of fused-ring (bicyclic) bond motifs is 1. The number of aromatic nitrogens is 2. The van der Waals surface area contributed by atoms with E-state index in [0.29, 0.717) is 19.6 Å². The first-order valence-electron chi connectivity index (χ1n) is 11.3. The van der Waals surface area contributed by atoms with Crippen LogP contribution in [0.2, 0.25) is 0 Å². The first-order chi connectivity index (χ1) is 15.2. The average molecular weight is 420 g/mol. The van der Waals surface area contributed by atoms with Crippen molar-refractivity contribution in [3.05, 3.63) is 72.6 Å². The van der Waals surface area contributed by atoms with Crippen LogP contribution in [0.25, 0.3) is 11.0 Å². The van der Waals surface area contributed by atoms with Crippen molar-refractivity contribution in [1.82, 2.24) is 14.9 Å². The first-order valence-corrected chi connectivity index (χ1v) is 11.3. The van der Waals surface area contributed by atoms with Crippen molar-refractivity contribution < 1.29 is 9.53 Å². The number of unbranched alkanes of at least 4 members (excludes halogenated alkanes) is 1. The Morgan fingerprint density at radius 3 is 2.77 bits per heavy atom. The molecule has 5 nitrogen and oxygen atoms in total. The van der Waals surface area contributed by atoms with Crippen molar-refractivity contribution in [2.24, 2.45) is 0 Å². The van der Waals surface area contributed by atoms with Crippen molar-refractivity contribution in [3.63, 3.8) is 0 Å². The molecule has 1 amide bonds. The van der Waals surface area contributed by atoms with Gasteiger partial charge in [-0.25, -0.2) is 4.98 Å². The van der Waals surface area contributed by atoms with E-state index in [-0.39, 0.29) is 5.91 Å². The Morgan fingerprint density at radius 2 is 1.94 bits per heavy atom. The fourth-order valence-corrected chi connectivity index (χ4v) is 3.69. The smallest absolute Gasteiger partial charge is 0.219 e. The lowest BCUT2D eigenvalue weighted by Crippen LogP contribution is -2.23. The highest BCUT2D eigenvalue weighted by Gasteiger charge is 2.10. The van der Waals surface area contributed by atoms with Crippen molar-refractivity contribution in [3.8, 4) is 5.75 Å². The lowest BCUT2D eigenvalue weighted by Gasteiger charge is -2.12. The number of carbonyl (C=O) groups is 1. The van der Waals surface area contributed by atoms with Crippen molar-refractivity contribution in [2.45, 2.75) is 52.0 Å². The van der Waals surface area contributed by atoms with Gasteiger partial charge in [0.05, 0.1) is 17.6 Å². The topological polar surface area (TPSA) is 56.1 Å². The van der Waals surface area contributed by atoms with Gasteiger partial charge in [0.2, 0.25) is 5.91 Å². The number of nitrogens with zero attached hydrogens (tertiary/aromatic N) is 2. The number of allylic oxidation sites excluding steroid dienone is 1. The van der Waals surface area contributed by atoms with Gasteiger partial charge in [0.1, 0.15) is 11.6 Å². The summed E-state index contributed by atoms with van der Waals surface area (Å²) in [6.45, 7) is 7.99. The number of benzene rings is 2. The van der Waals surface area contributed by atoms with Gasteiger partial charge < -0.3 is 14.6 Å². The first kappa shape index (κ1) is 22.6. The Morgan fingerprint density at radius 1 is 1.13 bits per heavy atom. The van der Waals surface area contributed by atoms with Gasteiger partial charge in [-0.05, 0) is 49.4 Å². The summed E-state index contributed by atoms with van der Waals surface area (Å²) < 4.78 is 8.35. The Kier molecular flexibility index (Phi) is 8.71. The van der Waals surface area contributed by atoms with E-state index >= 15 is 0 Å². The van der Waals surface area contributed by atoms with Crippen LogP contribution in [-0.2, 0) is 24.2 Å². The molecule has 0 aliphatic rings. The molecular formula is C26H33N3O2. The van der Waals surface area contributed by atoms with Gasteiger partial charge in [-0.3, -0.25) is 4.79 Å². The van der Waals surface area contributed by atoms with E-state index in [2.05, 4.69) is 40.7 Å². The highest BCUT2D eigenvalue weighted by Crippen LogP contribution is 2.20.